The summed E-state index contributed by atoms with van der Waals surface area (Å²) in [5.41, 5.74) is 3.63. The molecule has 10 heteroatoms. The third-order valence-corrected chi connectivity index (χ3v) is 6.61. The van der Waals surface area contributed by atoms with Gasteiger partial charge in [0, 0.05) is 29.1 Å². The number of benzene rings is 2. The van der Waals surface area contributed by atoms with Crippen LogP contribution in [0.4, 0.5) is 4.79 Å². The van der Waals surface area contributed by atoms with Crippen molar-refractivity contribution >= 4 is 35.4 Å². The van der Waals surface area contributed by atoms with Gasteiger partial charge in [0.2, 0.25) is 0 Å². The first-order valence-corrected chi connectivity index (χ1v) is 12.1. The van der Waals surface area contributed by atoms with Crippen LogP contribution in [0.1, 0.15) is 24.1 Å². The number of nitrogens with one attached hydrogen (secondary N) is 2. The molecule has 0 spiro atoms. The summed E-state index contributed by atoms with van der Waals surface area (Å²) in [6.07, 6.45) is 0. The maximum Gasteiger partial charge on any atom is 0.338 e. The molecule has 2 heterocycles. The highest BCUT2D eigenvalue weighted by Gasteiger charge is 2.34. The van der Waals surface area contributed by atoms with Gasteiger partial charge in [0.15, 0.2) is 11.0 Å². The molecule has 0 fully saturated rings. The van der Waals surface area contributed by atoms with Gasteiger partial charge in [-0.15, -0.1) is 10.2 Å². The molecular weight excluding hydrogens is 474 g/mol. The summed E-state index contributed by atoms with van der Waals surface area (Å²) in [6, 6.07) is 14.0. The van der Waals surface area contributed by atoms with E-state index in [1.165, 1.54) is 11.8 Å². The van der Waals surface area contributed by atoms with E-state index < -0.39 is 18.0 Å². The molecule has 1 atom stereocenters. The van der Waals surface area contributed by atoms with Gasteiger partial charge in [-0.25, -0.2) is 9.59 Å². The minimum absolute atomic E-state index is 0.215. The summed E-state index contributed by atoms with van der Waals surface area (Å²) in [6.45, 7) is 3.98. The van der Waals surface area contributed by atoms with Crippen molar-refractivity contribution in [1.29, 1.82) is 0 Å². The molecule has 2 N–H and O–H groups in total. The number of hydrogen-bond donors (Lipinski definition) is 2. The number of urea groups is 1. The van der Waals surface area contributed by atoms with Crippen molar-refractivity contribution in [3.8, 4) is 11.4 Å². The van der Waals surface area contributed by atoms with Crippen LogP contribution in [-0.4, -0.2) is 39.1 Å². The van der Waals surface area contributed by atoms with Crippen LogP contribution in [0.3, 0.4) is 0 Å². The van der Waals surface area contributed by atoms with E-state index >= 15 is 0 Å². The quantitative estimate of drug-likeness (QED) is 0.370. The summed E-state index contributed by atoms with van der Waals surface area (Å²) in [7, 11) is 1.89. The number of carbonyl (C=O) groups is 2. The summed E-state index contributed by atoms with van der Waals surface area (Å²) >= 11 is 7.40. The van der Waals surface area contributed by atoms with E-state index in [2.05, 4.69) is 20.8 Å². The Hall–Kier alpha value is -3.30. The van der Waals surface area contributed by atoms with Crippen molar-refractivity contribution in [2.45, 2.75) is 25.0 Å². The van der Waals surface area contributed by atoms with Crippen LogP contribution in [0, 0.1) is 6.92 Å². The van der Waals surface area contributed by atoms with E-state index in [9.17, 15) is 9.59 Å². The molecule has 0 bridgehead atoms. The highest BCUT2D eigenvalue weighted by Crippen LogP contribution is 2.31. The number of carbonyl (C=O) groups excluding carboxylic acids is 2. The summed E-state index contributed by atoms with van der Waals surface area (Å²) in [5, 5.41) is 15.5. The van der Waals surface area contributed by atoms with E-state index in [1.807, 2.05) is 42.8 Å². The maximum atomic E-state index is 12.9. The van der Waals surface area contributed by atoms with Gasteiger partial charge in [-0.1, -0.05) is 59.3 Å². The van der Waals surface area contributed by atoms with E-state index in [0.29, 0.717) is 27.2 Å². The second-order valence-electron chi connectivity index (χ2n) is 7.72. The first-order valence-electron chi connectivity index (χ1n) is 10.7. The van der Waals surface area contributed by atoms with Crippen molar-refractivity contribution in [2.75, 3.05) is 12.4 Å². The number of ether oxygens (including phenoxy) is 1. The van der Waals surface area contributed by atoms with Crippen LogP contribution >= 0.6 is 23.4 Å². The fourth-order valence-electron chi connectivity index (χ4n) is 3.70. The van der Waals surface area contributed by atoms with Gasteiger partial charge >= 0.3 is 12.0 Å². The highest BCUT2D eigenvalue weighted by atomic mass is 35.5. The van der Waals surface area contributed by atoms with Gasteiger partial charge < -0.3 is 19.9 Å². The van der Waals surface area contributed by atoms with Crippen LogP contribution in [0.5, 0.6) is 0 Å². The first kappa shape index (κ1) is 23.8. The van der Waals surface area contributed by atoms with Crippen LogP contribution in [0.2, 0.25) is 5.02 Å². The Labute approximate surface area is 206 Å². The normalized spacial score (nSPS) is 15.6. The lowest BCUT2D eigenvalue weighted by Gasteiger charge is -2.29. The van der Waals surface area contributed by atoms with E-state index in [-0.39, 0.29) is 6.61 Å². The third-order valence-electron chi connectivity index (χ3n) is 5.31. The molecule has 1 aliphatic heterocycles. The number of halogens is 1. The molecule has 0 saturated carbocycles. The largest absolute Gasteiger partial charge is 0.463 e. The molecule has 2 amide bonds. The van der Waals surface area contributed by atoms with Gasteiger partial charge in [0.05, 0.1) is 18.2 Å². The van der Waals surface area contributed by atoms with Crippen LogP contribution in [0.25, 0.3) is 11.4 Å². The molecule has 8 nitrogen and oxygen atoms in total. The van der Waals surface area contributed by atoms with Crippen molar-refractivity contribution in [1.82, 2.24) is 25.4 Å². The molecule has 2 aromatic carbocycles. The summed E-state index contributed by atoms with van der Waals surface area (Å²) < 4.78 is 7.21. The number of aryl methyl sites for hydroxylation is 1. The maximum absolute atomic E-state index is 12.9. The summed E-state index contributed by atoms with van der Waals surface area (Å²) in [4.78, 5) is 25.4. The Kier molecular flexibility index (Phi) is 7.23. The molecule has 0 saturated heterocycles. The van der Waals surface area contributed by atoms with Gasteiger partial charge in [-0.05, 0) is 37.6 Å². The van der Waals surface area contributed by atoms with Crippen LogP contribution in [0.15, 0.2) is 65.0 Å². The number of aromatic nitrogens is 3. The third kappa shape index (κ3) is 5.10. The molecule has 34 heavy (non-hydrogen) atoms. The lowest BCUT2D eigenvalue weighted by molar-refractivity contribution is -0.139. The van der Waals surface area contributed by atoms with Gasteiger partial charge in [0.25, 0.3) is 0 Å². The molecule has 0 radical (unpaired) electrons. The molecule has 0 aliphatic carbocycles. The van der Waals surface area contributed by atoms with Gasteiger partial charge in [-0.3, -0.25) is 0 Å². The second kappa shape index (κ2) is 10.3. The predicted octanol–water partition coefficient (Wildman–Crippen LogP) is 4.41. The topological polar surface area (TPSA) is 98.1 Å². The summed E-state index contributed by atoms with van der Waals surface area (Å²) in [5.74, 6) is 0.536. The van der Waals surface area contributed by atoms with E-state index in [4.69, 9.17) is 16.3 Å². The lowest BCUT2D eigenvalue weighted by Crippen LogP contribution is -2.46. The number of hydrogen-bond acceptors (Lipinski definition) is 6. The highest BCUT2D eigenvalue weighted by molar-refractivity contribution is 7.99. The molecular formula is C24H24ClN5O3S. The minimum atomic E-state index is -0.664. The predicted molar refractivity (Wildman–Crippen MR) is 131 cm³/mol. The Morgan fingerprint density at radius 1 is 1.21 bits per heavy atom. The van der Waals surface area contributed by atoms with Crippen LogP contribution < -0.4 is 10.6 Å². The number of amides is 2. The fourth-order valence-corrected chi connectivity index (χ4v) is 4.71. The Morgan fingerprint density at radius 2 is 1.97 bits per heavy atom. The molecule has 1 unspecified atom stereocenters. The zero-order chi connectivity index (χ0) is 24.2. The van der Waals surface area contributed by atoms with Crippen molar-refractivity contribution in [3.63, 3.8) is 0 Å². The average molecular weight is 498 g/mol. The van der Waals surface area contributed by atoms with Crippen molar-refractivity contribution in [2.24, 2.45) is 7.05 Å². The number of rotatable bonds is 7. The average Bonchev–Trinajstić information content (AvgIpc) is 3.18. The van der Waals surface area contributed by atoms with Gasteiger partial charge in [-0.2, -0.15) is 0 Å². The van der Waals surface area contributed by atoms with Crippen LogP contribution in [-0.2, 0) is 16.6 Å². The smallest absolute Gasteiger partial charge is 0.338 e. The Morgan fingerprint density at radius 3 is 2.68 bits per heavy atom. The standard InChI is InChI=1S/C24H24ClN5O3S/c1-4-33-22(31)19-18(26-23(32)27-20(19)15-8-10-17(25)11-9-15)13-34-24-29-28-21(30(24)3)16-7-5-6-14(2)12-16/h5-12,20H,4,13H2,1-3H3,(H2,26,27,32). The SMILES string of the molecule is CCOC(=O)C1=C(CSc2nnc(-c3cccc(C)c3)n2C)NC(=O)NC1c1ccc(Cl)cc1. The Balaban J connectivity index is 1.65. The first-order chi connectivity index (χ1) is 16.4. The molecule has 3 aromatic rings. The van der Waals surface area contributed by atoms with Crippen molar-refractivity contribution in [3.05, 3.63) is 76.0 Å². The molecule has 176 valence electrons. The number of thioether (sulfide) groups is 1. The molecule has 4 rings (SSSR count). The van der Waals surface area contributed by atoms with Crippen molar-refractivity contribution < 1.29 is 14.3 Å². The fraction of sp³-hybridized carbons (Fsp3) is 0.250. The number of nitrogens with zero attached hydrogens (tertiary/aromatic N) is 3. The zero-order valence-electron chi connectivity index (χ0n) is 19.0. The Bertz CT molecular complexity index is 1260. The van der Waals surface area contributed by atoms with E-state index in [1.54, 1.807) is 31.2 Å². The van der Waals surface area contributed by atoms with E-state index in [0.717, 1.165) is 22.5 Å². The lowest BCUT2D eigenvalue weighted by atomic mass is 9.95. The van der Waals surface area contributed by atoms with Gasteiger partial charge in [0.1, 0.15) is 0 Å². The minimum Gasteiger partial charge on any atom is -0.463 e. The zero-order valence-corrected chi connectivity index (χ0v) is 20.5. The monoisotopic (exact) mass is 497 g/mol. The number of esters is 1. The molecule has 1 aliphatic rings. The second-order valence-corrected chi connectivity index (χ2v) is 9.10. The molecule has 1 aromatic heterocycles.